The molecule has 0 spiro atoms. The van der Waals surface area contributed by atoms with E-state index in [0.29, 0.717) is 41.4 Å². The monoisotopic (exact) mass is 475 g/mol. The normalized spacial score (nSPS) is 14.6. The number of para-hydroxylation sites is 1. The first-order chi connectivity index (χ1) is 16.5. The van der Waals surface area contributed by atoms with E-state index in [1.807, 2.05) is 42.5 Å². The van der Waals surface area contributed by atoms with Crippen LogP contribution in [0.4, 0.5) is 5.69 Å². The van der Waals surface area contributed by atoms with Crippen molar-refractivity contribution >= 4 is 33.3 Å². The molecule has 5 rings (SSSR count). The molecule has 174 valence electrons. The van der Waals surface area contributed by atoms with Crippen LogP contribution in [0.25, 0.3) is 10.9 Å². The smallest absolute Gasteiger partial charge is 0.254 e. The fourth-order valence-electron chi connectivity index (χ4n) is 3.89. The van der Waals surface area contributed by atoms with Gasteiger partial charge in [0.1, 0.15) is 4.90 Å². The number of amides is 1. The number of fused-ring (bicyclic) bond motifs is 1. The van der Waals surface area contributed by atoms with Crippen molar-refractivity contribution in [2.24, 2.45) is 0 Å². The van der Waals surface area contributed by atoms with Gasteiger partial charge in [0.15, 0.2) is 0 Å². The van der Waals surface area contributed by atoms with E-state index in [9.17, 15) is 13.9 Å². The molecule has 0 unspecified atom stereocenters. The first-order valence-corrected chi connectivity index (χ1v) is 12.5. The molecule has 1 aliphatic rings. The second-order valence-corrected chi connectivity index (χ2v) is 9.93. The van der Waals surface area contributed by atoms with Crippen LogP contribution in [0.2, 0.25) is 0 Å². The topological polar surface area (TPSA) is 94.9 Å². The average molecular weight is 476 g/mol. The second-order valence-electron chi connectivity index (χ2n) is 8.19. The first-order valence-electron chi connectivity index (χ1n) is 10.9. The molecule has 3 aromatic carbocycles. The van der Waals surface area contributed by atoms with Crippen LogP contribution in [0, 0.1) is 0 Å². The van der Waals surface area contributed by atoms with Crippen molar-refractivity contribution in [1.29, 1.82) is 0 Å². The lowest BCUT2D eigenvalue weighted by Crippen LogP contribution is -2.54. The summed E-state index contributed by atoms with van der Waals surface area (Å²) < 4.78 is 30.3. The summed E-state index contributed by atoms with van der Waals surface area (Å²) in [5.74, 6) is -0.0732. The number of hydrogen-bond acceptors (Lipinski definition) is 6. The highest BCUT2D eigenvalue weighted by atomic mass is 32.3. The minimum Gasteiger partial charge on any atom is -0.370 e. The van der Waals surface area contributed by atoms with E-state index in [4.69, 9.17) is 4.74 Å². The number of aromatic nitrogens is 1. The van der Waals surface area contributed by atoms with E-state index in [1.165, 1.54) is 0 Å². The Labute approximate surface area is 199 Å². The molecule has 0 saturated carbocycles. The van der Waals surface area contributed by atoms with Crippen LogP contribution < -0.4 is 4.72 Å². The summed E-state index contributed by atoms with van der Waals surface area (Å²) in [6, 6.07) is 25.6. The molecule has 0 bridgehead atoms. The van der Waals surface area contributed by atoms with Crippen molar-refractivity contribution in [3.05, 3.63) is 102 Å². The number of nitrogens with one attached hydrogen (secondary N) is 1. The Kier molecular flexibility index (Phi) is 6.21. The van der Waals surface area contributed by atoms with Gasteiger partial charge >= 0.3 is 0 Å². The molecule has 1 amide bonds. The molecule has 1 aliphatic heterocycles. The van der Waals surface area contributed by atoms with Crippen molar-refractivity contribution in [2.75, 3.05) is 17.8 Å². The molecule has 3 N–H and O–H groups in total. The molecule has 0 atom stereocenters. The highest BCUT2D eigenvalue weighted by molar-refractivity contribution is 8.25. The molecule has 2 heterocycles. The van der Waals surface area contributed by atoms with Crippen molar-refractivity contribution in [3.63, 3.8) is 0 Å². The fraction of sp³-hybridized carbons (Fsp3) is 0.154. The maximum absolute atomic E-state index is 12.8. The van der Waals surface area contributed by atoms with Crippen LogP contribution in [0.5, 0.6) is 0 Å². The second kappa shape index (κ2) is 9.44. The van der Waals surface area contributed by atoms with Gasteiger partial charge in [0.2, 0.25) is 0 Å². The molecule has 0 radical (unpaired) electrons. The van der Waals surface area contributed by atoms with E-state index in [-0.39, 0.29) is 12.0 Å². The number of pyridine rings is 1. The number of nitrogens with zero attached hydrogens (tertiary/aromatic N) is 2. The predicted molar refractivity (Wildman–Crippen MR) is 134 cm³/mol. The lowest BCUT2D eigenvalue weighted by Gasteiger charge is -2.39. The summed E-state index contributed by atoms with van der Waals surface area (Å²) in [6.45, 7) is 1.65. The molecule has 0 aliphatic carbocycles. The van der Waals surface area contributed by atoms with Crippen LogP contribution in [-0.2, 0) is 11.3 Å². The Morgan fingerprint density at radius 1 is 0.971 bits per heavy atom. The number of likely N-dealkylation sites (tertiary alicyclic amines) is 1. The fourth-order valence-corrected chi connectivity index (χ4v) is 5.17. The number of rotatable bonds is 7. The van der Waals surface area contributed by atoms with Gasteiger partial charge < -0.3 is 9.64 Å². The molecular formula is C26H25N3O4S. The van der Waals surface area contributed by atoms with Crippen LogP contribution in [0.1, 0.15) is 15.9 Å². The summed E-state index contributed by atoms with van der Waals surface area (Å²) in [7, 11) is -3.34. The van der Waals surface area contributed by atoms with Crippen molar-refractivity contribution < 1.29 is 18.6 Å². The standard InChI is InChI=1S/C26H25N3O4S/c30-26(29-16-23(17-29)33-18-19-6-2-1-3-7-19)21-11-13-22(14-12-21)28-34(31,32)24-10-4-8-20-9-5-15-27-25(20)24/h1-15,23,28,31-32H,16-18H2. The summed E-state index contributed by atoms with van der Waals surface area (Å²) in [5, 5.41) is 0.823. The lowest BCUT2D eigenvalue weighted by molar-refractivity contribution is -0.0503. The Morgan fingerprint density at radius 3 is 2.47 bits per heavy atom. The maximum atomic E-state index is 12.8. The van der Waals surface area contributed by atoms with Gasteiger partial charge in [-0.25, -0.2) is 0 Å². The number of hydrogen-bond donors (Lipinski definition) is 3. The Morgan fingerprint density at radius 2 is 1.71 bits per heavy atom. The van der Waals surface area contributed by atoms with Crippen LogP contribution >= 0.6 is 10.8 Å². The third kappa shape index (κ3) is 4.76. The molecule has 34 heavy (non-hydrogen) atoms. The number of carbonyl (C=O) groups is 1. The molecule has 4 aromatic rings. The highest BCUT2D eigenvalue weighted by Gasteiger charge is 2.32. The Hall–Kier alpha value is -3.43. The van der Waals surface area contributed by atoms with Gasteiger partial charge in [-0.1, -0.05) is 59.3 Å². The third-order valence-electron chi connectivity index (χ3n) is 5.76. The molecule has 1 aromatic heterocycles. The molecular weight excluding hydrogens is 450 g/mol. The van der Waals surface area contributed by atoms with E-state index < -0.39 is 10.8 Å². The van der Waals surface area contributed by atoms with E-state index in [1.54, 1.807) is 53.6 Å². The Bertz CT molecular complexity index is 1290. The van der Waals surface area contributed by atoms with Gasteiger partial charge in [-0.15, -0.1) is 0 Å². The average Bonchev–Trinajstić information content (AvgIpc) is 2.83. The highest BCUT2D eigenvalue weighted by Crippen LogP contribution is 2.50. The van der Waals surface area contributed by atoms with E-state index >= 15 is 0 Å². The maximum Gasteiger partial charge on any atom is 0.254 e. The van der Waals surface area contributed by atoms with Crippen LogP contribution in [-0.4, -0.2) is 44.1 Å². The predicted octanol–water partition coefficient (Wildman–Crippen LogP) is 5.41. The van der Waals surface area contributed by atoms with Gasteiger partial charge in [-0.2, -0.15) is 0 Å². The quantitative estimate of drug-likeness (QED) is 0.331. The summed E-state index contributed by atoms with van der Waals surface area (Å²) in [4.78, 5) is 19.1. The molecule has 7 nitrogen and oxygen atoms in total. The van der Waals surface area contributed by atoms with Crippen LogP contribution in [0.3, 0.4) is 0 Å². The SMILES string of the molecule is O=C(c1ccc(NS(O)(O)c2cccc3cccnc23)cc1)N1CC(OCc2ccccc2)C1. The minimum absolute atomic E-state index is 0.0346. The van der Waals surface area contributed by atoms with Crippen LogP contribution in [0.15, 0.2) is 96.0 Å². The Balaban J connectivity index is 1.19. The number of ether oxygens (including phenoxy) is 1. The van der Waals surface area contributed by atoms with Gasteiger partial charge in [0.05, 0.1) is 23.9 Å². The zero-order valence-corrected chi connectivity index (χ0v) is 19.2. The molecule has 8 heteroatoms. The zero-order valence-electron chi connectivity index (χ0n) is 18.4. The van der Waals surface area contributed by atoms with Gasteiger partial charge in [0, 0.05) is 30.2 Å². The lowest BCUT2D eigenvalue weighted by atomic mass is 10.1. The van der Waals surface area contributed by atoms with E-state index in [0.717, 1.165) is 10.9 Å². The first kappa shape index (κ1) is 22.4. The van der Waals surface area contributed by atoms with Crippen molar-refractivity contribution in [3.8, 4) is 0 Å². The zero-order chi connectivity index (χ0) is 23.5. The number of anilines is 1. The van der Waals surface area contributed by atoms with Gasteiger partial charge in [-0.05, 0) is 42.0 Å². The largest absolute Gasteiger partial charge is 0.370 e. The van der Waals surface area contributed by atoms with Crippen molar-refractivity contribution in [2.45, 2.75) is 17.6 Å². The third-order valence-corrected chi connectivity index (χ3v) is 7.22. The van der Waals surface area contributed by atoms with Gasteiger partial charge in [-0.3, -0.25) is 23.6 Å². The number of benzene rings is 3. The number of carbonyl (C=O) groups excluding carboxylic acids is 1. The summed E-state index contributed by atoms with van der Waals surface area (Å²) in [6.07, 6.45) is 1.65. The summed E-state index contributed by atoms with van der Waals surface area (Å²) >= 11 is 0. The minimum atomic E-state index is -3.34. The van der Waals surface area contributed by atoms with Gasteiger partial charge in [0.25, 0.3) is 5.91 Å². The van der Waals surface area contributed by atoms with E-state index in [2.05, 4.69) is 9.71 Å². The molecule has 1 saturated heterocycles. The molecule has 1 fully saturated rings. The summed E-state index contributed by atoms with van der Waals surface area (Å²) in [5.41, 5.74) is 2.68. The van der Waals surface area contributed by atoms with Crippen molar-refractivity contribution in [1.82, 2.24) is 9.88 Å².